The number of carbonyl (C=O) groups excluding carboxylic acids is 1. The number of hydrogen-bond acceptors (Lipinski definition) is 3. The zero-order valence-corrected chi connectivity index (χ0v) is 12.6. The van der Waals surface area contributed by atoms with Gasteiger partial charge in [0.15, 0.2) is 0 Å². The third kappa shape index (κ3) is 5.54. The molecule has 0 fully saturated rings. The molecule has 1 aromatic rings. The predicted molar refractivity (Wildman–Crippen MR) is 80.5 cm³/mol. The molecule has 2 N–H and O–H groups in total. The number of benzene rings is 1. The van der Waals surface area contributed by atoms with Crippen LogP contribution in [0.4, 0.5) is 4.39 Å². The van der Waals surface area contributed by atoms with Crippen LogP contribution in [0.2, 0.25) is 0 Å². The van der Waals surface area contributed by atoms with Gasteiger partial charge in [-0.05, 0) is 39.2 Å². The van der Waals surface area contributed by atoms with E-state index < -0.39 is 11.7 Å². The number of halogens is 1. The topological polar surface area (TPSA) is 52.6 Å². The van der Waals surface area contributed by atoms with Gasteiger partial charge in [-0.2, -0.15) is 0 Å². The first kappa shape index (κ1) is 17.2. The van der Waals surface area contributed by atoms with E-state index in [-0.39, 0.29) is 18.2 Å². The number of nitrogens with zero attached hydrogens (tertiary/aromatic N) is 1. The molecule has 0 saturated carbocycles. The molecule has 1 unspecified atom stereocenters. The van der Waals surface area contributed by atoms with E-state index in [1.807, 2.05) is 25.9 Å². The second-order valence-corrected chi connectivity index (χ2v) is 4.99. The molecule has 0 spiro atoms. The summed E-state index contributed by atoms with van der Waals surface area (Å²) < 4.78 is 13.7. The lowest BCUT2D eigenvalue weighted by atomic mass is 10.1. The molecule has 21 heavy (non-hydrogen) atoms. The average molecular weight is 292 g/mol. The molecule has 1 aromatic carbocycles. The van der Waals surface area contributed by atoms with Crippen LogP contribution in [0.1, 0.15) is 29.3 Å². The summed E-state index contributed by atoms with van der Waals surface area (Å²) in [6.07, 6.45) is 0.346. The van der Waals surface area contributed by atoms with Crippen molar-refractivity contribution >= 4 is 5.91 Å². The first-order valence-electron chi connectivity index (χ1n) is 6.79. The number of amides is 1. The van der Waals surface area contributed by atoms with E-state index in [0.717, 1.165) is 0 Å². The monoisotopic (exact) mass is 292 g/mol. The first-order chi connectivity index (χ1) is 9.95. The van der Waals surface area contributed by atoms with Crippen molar-refractivity contribution in [3.05, 3.63) is 35.1 Å². The van der Waals surface area contributed by atoms with Gasteiger partial charge in [0.05, 0.1) is 12.2 Å². The van der Waals surface area contributed by atoms with Crippen molar-refractivity contribution < 1.29 is 14.3 Å². The molecule has 1 atom stereocenters. The van der Waals surface area contributed by atoms with Crippen LogP contribution in [0.25, 0.3) is 0 Å². The van der Waals surface area contributed by atoms with Crippen molar-refractivity contribution in [1.82, 2.24) is 10.2 Å². The van der Waals surface area contributed by atoms with E-state index in [1.54, 1.807) is 0 Å². The largest absolute Gasteiger partial charge is 0.395 e. The van der Waals surface area contributed by atoms with Crippen LogP contribution in [-0.2, 0) is 0 Å². The molecule has 0 aliphatic carbocycles. The van der Waals surface area contributed by atoms with Crippen molar-refractivity contribution in [2.45, 2.75) is 19.4 Å². The molecule has 1 amide bonds. The molecule has 4 nitrogen and oxygen atoms in total. The maximum Gasteiger partial charge on any atom is 0.254 e. The molecular weight excluding hydrogens is 271 g/mol. The van der Waals surface area contributed by atoms with Crippen molar-refractivity contribution in [2.24, 2.45) is 0 Å². The first-order valence-corrected chi connectivity index (χ1v) is 6.79. The molecule has 0 heterocycles. The second kappa shape index (κ2) is 8.40. The maximum absolute atomic E-state index is 13.7. The lowest BCUT2D eigenvalue weighted by Crippen LogP contribution is -2.38. The quantitative estimate of drug-likeness (QED) is 0.803. The highest BCUT2D eigenvalue weighted by atomic mass is 19.1. The van der Waals surface area contributed by atoms with E-state index in [4.69, 9.17) is 5.11 Å². The molecule has 0 aromatic heterocycles. The highest BCUT2D eigenvalue weighted by molar-refractivity contribution is 5.94. The van der Waals surface area contributed by atoms with Crippen molar-refractivity contribution in [3.63, 3.8) is 0 Å². The summed E-state index contributed by atoms with van der Waals surface area (Å²) in [5.41, 5.74) is 0.535. The molecule has 0 aliphatic heterocycles. The Morgan fingerprint density at radius 3 is 2.81 bits per heavy atom. The van der Waals surface area contributed by atoms with Gasteiger partial charge in [-0.3, -0.25) is 4.79 Å². The highest BCUT2D eigenvalue weighted by Crippen LogP contribution is 2.10. The highest BCUT2D eigenvalue weighted by Gasteiger charge is 2.13. The van der Waals surface area contributed by atoms with Crippen LogP contribution in [0.5, 0.6) is 0 Å². The number of carbonyl (C=O) groups is 1. The minimum atomic E-state index is -0.572. The molecule has 0 aliphatic rings. The Labute approximate surface area is 125 Å². The van der Waals surface area contributed by atoms with Gasteiger partial charge in [0, 0.05) is 24.6 Å². The average Bonchev–Trinajstić information content (AvgIpc) is 2.46. The molecule has 0 bridgehead atoms. The summed E-state index contributed by atoms with van der Waals surface area (Å²) in [4.78, 5) is 14.0. The van der Waals surface area contributed by atoms with Gasteiger partial charge in [0.1, 0.15) is 5.82 Å². The van der Waals surface area contributed by atoms with Crippen LogP contribution < -0.4 is 5.32 Å². The van der Waals surface area contributed by atoms with Crippen LogP contribution >= 0.6 is 0 Å². The Morgan fingerprint density at radius 2 is 2.19 bits per heavy atom. The van der Waals surface area contributed by atoms with Crippen LogP contribution in [0, 0.1) is 17.7 Å². The number of hydrogen-bond donors (Lipinski definition) is 2. The molecule has 1 rings (SSSR count). The summed E-state index contributed by atoms with van der Waals surface area (Å²) in [5, 5.41) is 11.4. The Balaban J connectivity index is 2.79. The fourth-order valence-electron chi connectivity index (χ4n) is 1.52. The molecule has 5 heteroatoms. The summed E-state index contributed by atoms with van der Waals surface area (Å²) in [5.74, 6) is 4.50. The van der Waals surface area contributed by atoms with Gasteiger partial charge in [-0.25, -0.2) is 4.39 Å². The zero-order valence-electron chi connectivity index (χ0n) is 12.6. The number of aliphatic hydroxyl groups is 1. The van der Waals surface area contributed by atoms with Gasteiger partial charge < -0.3 is 15.3 Å². The second-order valence-electron chi connectivity index (χ2n) is 4.99. The summed E-state index contributed by atoms with van der Waals surface area (Å²) >= 11 is 0. The standard InChI is InChI=1S/C16H21FN2O2/c1-12(19(2)3)11-18-16(21)14-10-13(6-4-5-9-20)7-8-15(14)17/h7-8,10,12,20H,5,9,11H2,1-3H3,(H,18,21). The molecule has 0 radical (unpaired) electrons. The maximum atomic E-state index is 13.7. The van der Waals surface area contributed by atoms with Crippen molar-refractivity contribution in [1.29, 1.82) is 0 Å². The van der Waals surface area contributed by atoms with Gasteiger partial charge in [-0.1, -0.05) is 11.8 Å². The van der Waals surface area contributed by atoms with E-state index in [1.165, 1.54) is 18.2 Å². The number of aliphatic hydroxyl groups excluding tert-OH is 1. The van der Waals surface area contributed by atoms with E-state index in [0.29, 0.717) is 18.5 Å². The smallest absolute Gasteiger partial charge is 0.254 e. The van der Waals surface area contributed by atoms with E-state index in [9.17, 15) is 9.18 Å². The van der Waals surface area contributed by atoms with Crippen LogP contribution in [0.15, 0.2) is 18.2 Å². The van der Waals surface area contributed by atoms with Crippen LogP contribution in [0.3, 0.4) is 0 Å². The Hall–Kier alpha value is -1.90. The SMILES string of the molecule is CC(CNC(=O)c1cc(C#CCCO)ccc1F)N(C)C. The molecular formula is C16H21FN2O2. The normalized spacial score (nSPS) is 11.7. The van der Waals surface area contributed by atoms with Crippen molar-refractivity contribution in [2.75, 3.05) is 27.2 Å². The van der Waals surface area contributed by atoms with Gasteiger partial charge in [0.25, 0.3) is 5.91 Å². The summed E-state index contributed by atoms with van der Waals surface area (Å²) in [6, 6.07) is 4.33. The van der Waals surface area contributed by atoms with Gasteiger partial charge >= 0.3 is 0 Å². The summed E-state index contributed by atoms with van der Waals surface area (Å²) in [7, 11) is 3.82. The fraction of sp³-hybridized carbons (Fsp3) is 0.438. The fourth-order valence-corrected chi connectivity index (χ4v) is 1.52. The lowest BCUT2D eigenvalue weighted by Gasteiger charge is -2.20. The minimum Gasteiger partial charge on any atom is -0.395 e. The van der Waals surface area contributed by atoms with Crippen LogP contribution in [-0.4, -0.2) is 49.2 Å². The minimum absolute atomic E-state index is 0.0169. The number of likely N-dealkylation sites (N-methyl/N-ethyl adjacent to an activating group) is 1. The van der Waals surface area contributed by atoms with E-state index >= 15 is 0 Å². The number of nitrogens with one attached hydrogen (secondary N) is 1. The Morgan fingerprint density at radius 1 is 1.48 bits per heavy atom. The third-order valence-corrected chi connectivity index (χ3v) is 3.12. The predicted octanol–water partition coefficient (Wildman–Crippen LogP) is 1.24. The van der Waals surface area contributed by atoms with E-state index in [2.05, 4.69) is 17.2 Å². The third-order valence-electron chi connectivity index (χ3n) is 3.12. The zero-order chi connectivity index (χ0) is 15.8. The van der Waals surface area contributed by atoms with Crippen molar-refractivity contribution in [3.8, 4) is 11.8 Å². The van der Waals surface area contributed by atoms with Gasteiger partial charge in [-0.15, -0.1) is 0 Å². The Kier molecular flexibility index (Phi) is 6.86. The molecule has 0 saturated heterocycles. The van der Waals surface area contributed by atoms with Gasteiger partial charge in [0.2, 0.25) is 0 Å². The molecule has 114 valence electrons. The Bertz CT molecular complexity index is 547. The lowest BCUT2D eigenvalue weighted by molar-refractivity contribution is 0.0939. The number of rotatable bonds is 5. The summed E-state index contributed by atoms with van der Waals surface area (Å²) in [6.45, 7) is 2.38.